The van der Waals surface area contributed by atoms with E-state index in [9.17, 15) is 0 Å². The number of nitrogens with zero attached hydrogens (tertiary/aromatic N) is 3. The van der Waals surface area contributed by atoms with Crippen molar-refractivity contribution < 1.29 is 0 Å². The molecule has 1 aromatic rings. The van der Waals surface area contributed by atoms with Gasteiger partial charge in [-0.15, -0.1) is 5.10 Å². The summed E-state index contributed by atoms with van der Waals surface area (Å²) in [5, 5.41) is 8.21. The van der Waals surface area contributed by atoms with E-state index in [1.165, 1.54) is 12.3 Å². The van der Waals surface area contributed by atoms with Gasteiger partial charge in [0, 0.05) is 12.7 Å². The van der Waals surface area contributed by atoms with Crippen molar-refractivity contribution in [1.82, 2.24) is 15.0 Å². The molecule has 0 bridgehead atoms. The van der Waals surface area contributed by atoms with Crippen LogP contribution in [0.4, 0.5) is 0 Å². The molecule has 0 spiro atoms. The molecule has 3 nitrogen and oxygen atoms in total. The van der Waals surface area contributed by atoms with Crippen LogP contribution >= 0.6 is 0 Å². The Morgan fingerprint density at radius 1 is 1.43 bits per heavy atom. The highest BCUT2D eigenvalue weighted by Gasteiger charge is 2.03. The van der Waals surface area contributed by atoms with Crippen molar-refractivity contribution in [2.45, 2.75) is 53.0 Å². The summed E-state index contributed by atoms with van der Waals surface area (Å²) in [5.74, 6) is 1.96. The molecule has 0 unspecified atom stereocenters. The van der Waals surface area contributed by atoms with Gasteiger partial charge in [-0.1, -0.05) is 25.5 Å². The predicted molar refractivity (Wildman–Crippen MR) is 57.9 cm³/mol. The third-order valence-electron chi connectivity index (χ3n) is 2.21. The fourth-order valence-corrected chi connectivity index (χ4v) is 1.28. The summed E-state index contributed by atoms with van der Waals surface area (Å²) >= 11 is 0. The van der Waals surface area contributed by atoms with E-state index in [4.69, 9.17) is 0 Å². The minimum Gasteiger partial charge on any atom is -0.320 e. The summed E-state index contributed by atoms with van der Waals surface area (Å²) in [6, 6.07) is 0. The summed E-state index contributed by atoms with van der Waals surface area (Å²) in [4.78, 5) is 0. The Balaban J connectivity index is 2.36. The van der Waals surface area contributed by atoms with Crippen LogP contribution in [0.15, 0.2) is 6.20 Å². The first-order valence-corrected chi connectivity index (χ1v) is 5.28. The van der Waals surface area contributed by atoms with Crippen molar-refractivity contribution in [1.29, 1.82) is 0 Å². The van der Waals surface area contributed by atoms with E-state index in [-0.39, 0.29) is 0 Å². The largest absolute Gasteiger partial charge is 0.320 e. The molecule has 1 aromatic heterocycles. The van der Waals surface area contributed by atoms with Crippen molar-refractivity contribution in [3.8, 4) is 0 Å². The van der Waals surface area contributed by atoms with E-state index in [1.807, 2.05) is 4.68 Å². The lowest BCUT2D eigenvalue weighted by atomic mass is 10.1. The molecule has 1 heterocycles. The molecule has 0 aromatic carbocycles. The second kappa shape index (κ2) is 5.13. The number of aromatic nitrogens is 3. The maximum Gasteiger partial charge on any atom is 0.0852 e. The van der Waals surface area contributed by atoms with Crippen LogP contribution in [0.25, 0.3) is 0 Å². The van der Waals surface area contributed by atoms with E-state index < -0.39 is 0 Å². The molecule has 0 atom stereocenters. The van der Waals surface area contributed by atoms with Crippen LogP contribution < -0.4 is 0 Å². The Morgan fingerprint density at radius 2 is 2.14 bits per heavy atom. The van der Waals surface area contributed by atoms with Crippen LogP contribution in [0.5, 0.6) is 0 Å². The van der Waals surface area contributed by atoms with E-state index in [0.717, 1.165) is 18.7 Å². The molecule has 0 N–H and O–H groups in total. The first kappa shape index (κ1) is 11.2. The van der Waals surface area contributed by atoms with Crippen LogP contribution in [-0.2, 0) is 6.54 Å². The molecule has 1 rings (SSSR count). The lowest BCUT2D eigenvalue weighted by molar-refractivity contribution is 0.546. The molecule has 0 aliphatic heterocycles. The smallest absolute Gasteiger partial charge is 0.0852 e. The third kappa shape index (κ3) is 3.48. The Kier molecular flexibility index (Phi) is 4.11. The summed E-state index contributed by atoms with van der Waals surface area (Å²) in [6.07, 6.45) is 4.38. The number of rotatable bonds is 5. The highest BCUT2D eigenvalue weighted by atomic mass is 15.4. The standard InChI is InChI=1S/C11H20N3/c1-9(2)6-5-7-14-8-11(10(3)4)12-13-14/h8,10H,5-7H2,1-4H3/q-1. The van der Waals surface area contributed by atoms with Crippen LogP contribution in [-0.4, -0.2) is 15.0 Å². The van der Waals surface area contributed by atoms with Crippen LogP contribution in [0, 0.1) is 5.92 Å². The Bertz CT molecular complexity index is 263. The highest BCUT2D eigenvalue weighted by molar-refractivity contribution is 4.97. The molecule has 14 heavy (non-hydrogen) atoms. The zero-order valence-corrected chi connectivity index (χ0v) is 9.62. The number of hydrogen-bond donors (Lipinski definition) is 0. The maximum atomic E-state index is 4.12. The van der Waals surface area contributed by atoms with Gasteiger partial charge in [-0.2, -0.15) is 20.3 Å². The van der Waals surface area contributed by atoms with Gasteiger partial charge in [0.25, 0.3) is 0 Å². The zero-order chi connectivity index (χ0) is 10.6. The Morgan fingerprint density at radius 3 is 2.64 bits per heavy atom. The fraction of sp³-hybridized carbons (Fsp3) is 0.727. The quantitative estimate of drug-likeness (QED) is 0.675. The average molecular weight is 194 g/mol. The van der Waals surface area contributed by atoms with Crippen LogP contribution in [0.1, 0.15) is 52.1 Å². The first-order chi connectivity index (χ1) is 6.59. The van der Waals surface area contributed by atoms with Gasteiger partial charge in [-0.05, 0) is 5.92 Å². The van der Waals surface area contributed by atoms with Gasteiger partial charge < -0.3 is 5.92 Å². The van der Waals surface area contributed by atoms with E-state index in [1.54, 1.807) is 0 Å². The molecular weight excluding hydrogens is 174 g/mol. The second-order valence-corrected chi connectivity index (χ2v) is 4.37. The van der Waals surface area contributed by atoms with Crippen molar-refractivity contribution in [2.24, 2.45) is 0 Å². The predicted octanol–water partition coefficient (Wildman–Crippen LogP) is 2.80. The van der Waals surface area contributed by atoms with Gasteiger partial charge in [0.2, 0.25) is 0 Å². The van der Waals surface area contributed by atoms with E-state index >= 15 is 0 Å². The lowest BCUT2D eigenvalue weighted by Gasteiger charge is -2.15. The topological polar surface area (TPSA) is 30.7 Å². The molecule has 0 radical (unpaired) electrons. The maximum absolute atomic E-state index is 4.12. The fourth-order valence-electron chi connectivity index (χ4n) is 1.28. The van der Waals surface area contributed by atoms with Gasteiger partial charge >= 0.3 is 0 Å². The Labute approximate surface area is 86.5 Å². The summed E-state index contributed by atoms with van der Waals surface area (Å²) in [6.45, 7) is 9.59. The Hall–Kier alpha value is -0.860. The molecule has 0 saturated heterocycles. The molecule has 0 amide bonds. The van der Waals surface area contributed by atoms with Gasteiger partial charge in [0.05, 0.1) is 5.69 Å². The first-order valence-electron chi connectivity index (χ1n) is 5.28. The molecule has 0 fully saturated rings. The SMILES string of the molecule is C[C-](C)CCCn1cc(C(C)C)nn1. The lowest BCUT2D eigenvalue weighted by Crippen LogP contribution is -1.99. The van der Waals surface area contributed by atoms with Gasteiger partial charge in [0.15, 0.2) is 0 Å². The molecule has 80 valence electrons. The summed E-state index contributed by atoms with van der Waals surface area (Å²) in [7, 11) is 0. The normalized spacial score (nSPS) is 11.6. The molecule has 0 saturated carbocycles. The summed E-state index contributed by atoms with van der Waals surface area (Å²) in [5.41, 5.74) is 1.09. The van der Waals surface area contributed by atoms with Crippen LogP contribution in [0.3, 0.4) is 0 Å². The van der Waals surface area contributed by atoms with Gasteiger partial charge in [-0.3, -0.25) is 4.68 Å². The molecule has 0 aliphatic carbocycles. The van der Waals surface area contributed by atoms with E-state index in [0.29, 0.717) is 5.92 Å². The van der Waals surface area contributed by atoms with Gasteiger partial charge in [-0.25, -0.2) is 0 Å². The monoisotopic (exact) mass is 194 g/mol. The van der Waals surface area contributed by atoms with Crippen molar-refractivity contribution >= 4 is 0 Å². The zero-order valence-electron chi connectivity index (χ0n) is 9.62. The average Bonchev–Trinajstić information content (AvgIpc) is 2.52. The number of aryl methyl sites for hydroxylation is 1. The van der Waals surface area contributed by atoms with Crippen molar-refractivity contribution in [2.75, 3.05) is 0 Å². The summed E-state index contributed by atoms with van der Waals surface area (Å²) < 4.78 is 1.94. The van der Waals surface area contributed by atoms with Crippen molar-refractivity contribution in [3.63, 3.8) is 0 Å². The molecule has 3 heteroatoms. The van der Waals surface area contributed by atoms with Gasteiger partial charge in [0.1, 0.15) is 0 Å². The molecule has 0 aliphatic rings. The minimum atomic E-state index is 0.475. The number of hydrogen-bond acceptors (Lipinski definition) is 2. The second-order valence-electron chi connectivity index (χ2n) is 4.37. The van der Waals surface area contributed by atoms with Crippen LogP contribution in [0.2, 0.25) is 0 Å². The van der Waals surface area contributed by atoms with E-state index in [2.05, 4.69) is 44.2 Å². The minimum absolute atomic E-state index is 0.475. The van der Waals surface area contributed by atoms with Crippen molar-refractivity contribution in [3.05, 3.63) is 17.8 Å². The third-order valence-corrected chi connectivity index (χ3v) is 2.21. The highest BCUT2D eigenvalue weighted by Crippen LogP contribution is 2.11. The molecular formula is C11H20N3-.